The lowest BCUT2D eigenvalue weighted by Gasteiger charge is -2.05. The number of nitrogens with one attached hydrogen (secondary N) is 1. The van der Waals surface area contributed by atoms with E-state index in [2.05, 4.69) is 22.5 Å². The van der Waals surface area contributed by atoms with Crippen LogP contribution in [0.3, 0.4) is 0 Å². The summed E-state index contributed by atoms with van der Waals surface area (Å²) >= 11 is 0. The Morgan fingerprint density at radius 1 is 1.03 bits per heavy atom. The first kappa shape index (κ1) is 19.2. The van der Waals surface area contributed by atoms with E-state index in [9.17, 15) is 9.59 Å². The number of carbonyl (C=O) groups excluding carboxylic acids is 1. The molecule has 1 fully saturated rings. The first-order valence-electron chi connectivity index (χ1n) is 10.3. The molecule has 1 saturated carbocycles. The minimum Gasteiger partial charge on any atom is -0.354 e. The molecular formula is C23H26N4O2. The van der Waals surface area contributed by atoms with Gasteiger partial charge in [-0.15, -0.1) is 0 Å². The first-order valence-corrected chi connectivity index (χ1v) is 10.3. The molecule has 6 nitrogen and oxygen atoms in total. The fraction of sp³-hybridized carbons (Fsp3) is 0.348. The van der Waals surface area contributed by atoms with Crippen LogP contribution < -0.4 is 11.0 Å². The maximum Gasteiger partial charge on any atom is 0.350 e. The monoisotopic (exact) mass is 390 g/mol. The molecule has 0 radical (unpaired) electrons. The molecule has 150 valence electrons. The van der Waals surface area contributed by atoms with E-state index in [-0.39, 0.29) is 11.6 Å². The van der Waals surface area contributed by atoms with Crippen LogP contribution in [0.1, 0.15) is 43.0 Å². The Balaban J connectivity index is 1.32. The number of carbonyl (C=O) groups is 1. The van der Waals surface area contributed by atoms with Crippen LogP contribution in [0.25, 0.3) is 5.69 Å². The van der Waals surface area contributed by atoms with Crippen LogP contribution >= 0.6 is 0 Å². The van der Waals surface area contributed by atoms with Gasteiger partial charge >= 0.3 is 5.69 Å². The zero-order valence-electron chi connectivity index (χ0n) is 16.5. The van der Waals surface area contributed by atoms with Crippen LogP contribution in [-0.2, 0) is 17.8 Å². The standard InChI is InChI=1S/C23H26N4O2/c28-21(13-7-10-18-8-3-1-4-9-18)24-16-17-26-23(29)27(20-11-5-2-6-12-20)22(25-26)19-14-15-19/h1-6,8-9,11-12,19H,7,10,13-17H2,(H,24,28). The summed E-state index contributed by atoms with van der Waals surface area (Å²) in [5.41, 5.74) is 1.94. The third kappa shape index (κ3) is 4.83. The maximum atomic E-state index is 12.9. The Bertz CT molecular complexity index is 1000. The SMILES string of the molecule is O=C(CCCc1ccccc1)NCCn1nc(C2CC2)n(-c2ccccc2)c1=O. The van der Waals surface area contributed by atoms with Crippen LogP contribution in [0.4, 0.5) is 0 Å². The highest BCUT2D eigenvalue weighted by atomic mass is 16.2. The van der Waals surface area contributed by atoms with Crippen molar-refractivity contribution < 1.29 is 4.79 Å². The summed E-state index contributed by atoms with van der Waals surface area (Å²) < 4.78 is 3.18. The van der Waals surface area contributed by atoms with Crippen LogP contribution in [0.15, 0.2) is 65.5 Å². The zero-order valence-corrected chi connectivity index (χ0v) is 16.5. The number of hydrogen-bond donors (Lipinski definition) is 1. The molecule has 4 rings (SSSR count). The fourth-order valence-corrected chi connectivity index (χ4v) is 3.48. The van der Waals surface area contributed by atoms with E-state index in [0.29, 0.717) is 25.4 Å². The number of amides is 1. The zero-order chi connectivity index (χ0) is 20.1. The Kier molecular flexibility index (Phi) is 5.89. The van der Waals surface area contributed by atoms with Crippen molar-refractivity contribution >= 4 is 5.91 Å². The normalized spacial score (nSPS) is 13.4. The molecule has 6 heteroatoms. The molecule has 0 saturated heterocycles. The van der Waals surface area contributed by atoms with Crippen molar-refractivity contribution in [3.63, 3.8) is 0 Å². The molecule has 3 aromatic rings. The van der Waals surface area contributed by atoms with Crippen molar-refractivity contribution in [2.24, 2.45) is 0 Å². The summed E-state index contributed by atoms with van der Waals surface area (Å²) in [5.74, 6) is 1.20. The molecule has 0 atom stereocenters. The molecule has 2 aromatic carbocycles. The molecule has 29 heavy (non-hydrogen) atoms. The molecule has 1 aliphatic rings. The number of rotatable bonds is 9. The van der Waals surface area contributed by atoms with Gasteiger partial charge in [-0.3, -0.25) is 4.79 Å². The highest BCUT2D eigenvalue weighted by Crippen LogP contribution is 2.39. The van der Waals surface area contributed by atoms with E-state index in [1.54, 1.807) is 4.57 Å². The summed E-state index contributed by atoms with van der Waals surface area (Å²) in [6.07, 6.45) is 4.32. The van der Waals surface area contributed by atoms with Crippen molar-refractivity contribution in [3.05, 3.63) is 82.5 Å². The Labute approximate surface area is 170 Å². The Morgan fingerprint density at radius 3 is 2.41 bits per heavy atom. The second kappa shape index (κ2) is 8.90. The molecule has 1 amide bonds. The molecule has 0 spiro atoms. The van der Waals surface area contributed by atoms with Crippen molar-refractivity contribution in [3.8, 4) is 5.69 Å². The highest BCUT2D eigenvalue weighted by molar-refractivity contribution is 5.75. The van der Waals surface area contributed by atoms with Crippen LogP contribution in [0, 0.1) is 0 Å². The van der Waals surface area contributed by atoms with E-state index in [4.69, 9.17) is 0 Å². The van der Waals surface area contributed by atoms with E-state index in [0.717, 1.165) is 37.2 Å². The number of aromatic nitrogens is 3. The minimum absolute atomic E-state index is 0.0129. The third-order valence-corrected chi connectivity index (χ3v) is 5.18. The van der Waals surface area contributed by atoms with Crippen molar-refractivity contribution in [2.75, 3.05) is 6.54 Å². The molecule has 0 aliphatic heterocycles. The second-order valence-corrected chi connectivity index (χ2v) is 7.50. The van der Waals surface area contributed by atoms with E-state index < -0.39 is 0 Å². The summed E-state index contributed by atoms with van der Waals surface area (Å²) in [6.45, 7) is 0.781. The number of nitrogens with zero attached hydrogens (tertiary/aromatic N) is 3. The average molecular weight is 390 g/mol. The van der Waals surface area contributed by atoms with Gasteiger partial charge in [-0.25, -0.2) is 14.0 Å². The molecule has 0 unspecified atom stereocenters. The van der Waals surface area contributed by atoms with Gasteiger partial charge in [-0.1, -0.05) is 48.5 Å². The predicted molar refractivity (Wildman–Crippen MR) is 112 cm³/mol. The average Bonchev–Trinajstić information content (AvgIpc) is 3.54. The van der Waals surface area contributed by atoms with Gasteiger partial charge in [0.05, 0.1) is 12.2 Å². The van der Waals surface area contributed by atoms with Gasteiger partial charge in [0, 0.05) is 18.9 Å². The van der Waals surface area contributed by atoms with Crippen molar-refractivity contribution in [1.82, 2.24) is 19.7 Å². The molecule has 0 bridgehead atoms. The summed E-state index contributed by atoms with van der Waals surface area (Å²) in [7, 11) is 0. The summed E-state index contributed by atoms with van der Waals surface area (Å²) in [4.78, 5) is 25.0. The smallest absolute Gasteiger partial charge is 0.350 e. The number of para-hydroxylation sites is 1. The van der Waals surface area contributed by atoms with Gasteiger partial charge in [0.15, 0.2) is 0 Å². The highest BCUT2D eigenvalue weighted by Gasteiger charge is 2.31. The van der Waals surface area contributed by atoms with Crippen LogP contribution in [-0.4, -0.2) is 26.8 Å². The van der Waals surface area contributed by atoms with Gasteiger partial charge in [0.25, 0.3) is 0 Å². The lowest BCUT2D eigenvalue weighted by atomic mass is 10.1. The molecule has 1 aliphatic carbocycles. The number of aryl methyl sites for hydroxylation is 1. The van der Waals surface area contributed by atoms with Crippen LogP contribution in [0.5, 0.6) is 0 Å². The quantitative estimate of drug-likeness (QED) is 0.611. The van der Waals surface area contributed by atoms with E-state index >= 15 is 0 Å². The minimum atomic E-state index is -0.142. The summed E-state index contributed by atoms with van der Waals surface area (Å²) in [6, 6.07) is 19.8. The molecule has 1 aromatic heterocycles. The molecular weight excluding hydrogens is 364 g/mol. The van der Waals surface area contributed by atoms with Gasteiger partial charge < -0.3 is 5.32 Å². The molecule has 1 N–H and O–H groups in total. The lowest BCUT2D eigenvalue weighted by Crippen LogP contribution is -2.31. The van der Waals surface area contributed by atoms with E-state index in [1.165, 1.54) is 10.2 Å². The largest absolute Gasteiger partial charge is 0.354 e. The molecule has 1 heterocycles. The van der Waals surface area contributed by atoms with Gasteiger partial charge in [0.2, 0.25) is 5.91 Å². The first-order chi connectivity index (χ1) is 14.2. The van der Waals surface area contributed by atoms with Crippen molar-refractivity contribution in [1.29, 1.82) is 0 Å². The van der Waals surface area contributed by atoms with Crippen molar-refractivity contribution in [2.45, 2.75) is 44.6 Å². The Morgan fingerprint density at radius 2 is 1.72 bits per heavy atom. The summed E-state index contributed by atoms with van der Waals surface area (Å²) in [5, 5.41) is 7.47. The van der Waals surface area contributed by atoms with Gasteiger partial charge in [-0.05, 0) is 43.4 Å². The lowest BCUT2D eigenvalue weighted by molar-refractivity contribution is -0.121. The third-order valence-electron chi connectivity index (χ3n) is 5.18. The topological polar surface area (TPSA) is 68.9 Å². The van der Waals surface area contributed by atoms with Gasteiger partial charge in [-0.2, -0.15) is 5.10 Å². The Hall–Kier alpha value is -3.15. The fourth-order valence-electron chi connectivity index (χ4n) is 3.48. The van der Waals surface area contributed by atoms with Gasteiger partial charge in [0.1, 0.15) is 5.82 Å². The maximum absolute atomic E-state index is 12.9. The number of benzene rings is 2. The number of hydrogen-bond acceptors (Lipinski definition) is 3. The predicted octanol–water partition coefficient (Wildman–Crippen LogP) is 3.05. The van der Waals surface area contributed by atoms with E-state index in [1.807, 2.05) is 48.5 Å². The van der Waals surface area contributed by atoms with Crippen LogP contribution in [0.2, 0.25) is 0 Å². The second-order valence-electron chi connectivity index (χ2n) is 7.50.